The van der Waals surface area contributed by atoms with Crippen LogP contribution in [0, 0.1) is 0 Å². The molecule has 0 bridgehead atoms. The second-order valence-electron chi connectivity index (χ2n) is 7.35. The largest absolute Gasteiger partial charge is 0.507 e. The molecule has 32 heavy (non-hydrogen) atoms. The van der Waals surface area contributed by atoms with Gasteiger partial charge in [0.25, 0.3) is 11.7 Å². The van der Waals surface area contributed by atoms with Crippen LogP contribution in [0.25, 0.3) is 5.76 Å². The molecule has 3 rings (SSSR count). The minimum Gasteiger partial charge on any atom is -0.507 e. The van der Waals surface area contributed by atoms with Gasteiger partial charge in [0.1, 0.15) is 17.3 Å². The minimum atomic E-state index is -0.809. The van der Waals surface area contributed by atoms with E-state index in [9.17, 15) is 19.5 Å². The summed E-state index contributed by atoms with van der Waals surface area (Å²) in [5.41, 5.74) is 0.765. The van der Waals surface area contributed by atoms with E-state index in [0.717, 1.165) is 6.42 Å². The van der Waals surface area contributed by atoms with Crippen LogP contribution in [0.1, 0.15) is 43.9 Å². The van der Waals surface area contributed by atoms with Crippen LogP contribution in [0.15, 0.2) is 48.0 Å². The van der Waals surface area contributed by atoms with Gasteiger partial charge in [-0.2, -0.15) is 0 Å². The zero-order valence-corrected chi connectivity index (χ0v) is 18.8. The molecular formula is C24H24ClNO6. The van der Waals surface area contributed by atoms with E-state index < -0.39 is 23.7 Å². The number of carbonyl (C=O) groups is 3. The van der Waals surface area contributed by atoms with Gasteiger partial charge < -0.3 is 19.5 Å². The molecule has 0 saturated carbocycles. The molecule has 1 N–H and O–H groups in total. The Balaban J connectivity index is 2.17. The number of aliphatic hydroxyl groups is 1. The summed E-state index contributed by atoms with van der Waals surface area (Å²) in [7, 11) is 1.44. The predicted octanol–water partition coefficient (Wildman–Crippen LogP) is 4.50. The fraction of sp³-hybridized carbons (Fsp3) is 0.292. The average Bonchev–Trinajstić information content (AvgIpc) is 3.02. The van der Waals surface area contributed by atoms with E-state index in [0.29, 0.717) is 35.1 Å². The van der Waals surface area contributed by atoms with E-state index in [1.807, 2.05) is 6.92 Å². The summed E-state index contributed by atoms with van der Waals surface area (Å²) in [6, 6.07) is 10.3. The van der Waals surface area contributed by atoms with Crippen LogP contribution in [0.4, 0.5) is 0 Å². The minimum absolute atomic E-state index is 0.0492. The van der Waals surface area contributed by atoms with E-state index in [1.54, 1.807) is 36.4 Å². The summed E-state index contributed by atoms with van der Waals surface area (Å²) < 4.78 is 10.4. The number of unbranched alkanes of at least 4 members (excludes halogenated alkanes) is 1. The Labute approximate surface area is 191 Å². The third-order valence-corrected chi connectivity index (χ3v) is 5.40. The van der Waals surface area contributed by atoms with Gasteiger partial charge in [-0.1, -0.05) is 37.1 Å². The third-order valence-electron chi connectivity index (χ3n) is 5.17. The highest BCUT2D eigenvalue weighted by atomic mass is 35.5. The summed E-state index contributed by atoms with van der Waals surface area (Å²) in [6.07, 6.45) is 1.51. The van der Waals surface area contributed by atoms with Crippen molar-refractivity contribution < 1.29 is 29.0 Å². The number of ketones is 1. The van der Waals surface area contributed by atoms with Gasteiger partial charge in [0, 0.05) is 18.5 Å². The number of methoxy groups -OCH3 is 1. The molecule has 1 unspecified atom stereocenters. The lowest BCUT2D eigenvalue weighted by Crippen LogP contribution is -2.30. The molecule has 7 nitrogen and oxygen atoms in total. The monoisotopic (exact) mass is 457 g/mol. The maximum Gasteiger partial charge on any atom is 0.308 e. The molecule has 1 fully saturated rings. The Morgan fingerprint density at radius 2 is 1.84 bits per heavy atom. The highest BCUT2D eigenvalue weighted by Crippen LogP contribution is 2.41. The lowest BCUT2D eigenvalue weighted by atomic mass is 9.95. The van der Waals surface area contributed by atoms with Crippen molar-refractivity contribution >= 4 is 35.0 Å². The zero-order chi connectivity index (χ0) is 23.4. The number of aliphatic hydroxyl groups excluding tert-OH is 1. The van der Waals surface area contributed by atoms with Crippen molar-refractivity contribution in [3.8, 4) is 11.5 Å². The van der Waals surface area contributed by atoms with E-state index in [1.165, 1.54) is 25.0 Å². The summed E-state index contributed by atoms with van der Waals surface area (Å²) in [6.45, 7) is 3.63. The number of esters is 1. The predicted molar refractivity (Wildman–Crippen MR) is 120 cm³/mol. The van der Waals surface area contributed by atoms with Gasteiger partial charge in [0.2, 0.25) is 0 Å². The Morgan fingerprint density at radius 3 is 2.44 bits per heavy atom. The van der Waals surface area contributed by atoms with Crippen molar-refractivity contribution in [1.29, 1.82) is 0 Å². The number of amides is 1. The topological polar surface area (TPSA) is 93.1 Å². The number of hydrogen-bond acceptors (Lipinski definition) is 6. The first-order valence-electron chi connectivity index (χ1n) is 10.2. The third kappa shape index (κ3) is 4.62. The maximum absolute atomic E-state index is 13.0. The number of Topliss-reactive ketones (excluding diaryl/α,β-unsaturated/α-hetero) is 1. The molecule has 1 aliphatic heterocycles. The van der Waals surface area contributed by atoms with Gasteiger partial charge in [-0.15, -0.1) is 0 Å². The number of ether oxygens (including phenoxy) is 2. The van der Waals surface area contributed by atoms with Crippen LogP contribution in [-0.4, -0.2) is 41.3 Å². The van der Waals surface area contributed by atoms with Gasteiger partial charge in [-0.3, -0.25) is 14.4 Å². The molecule has 0 aromatic heterocycles. The first kappa shape index (κ1) is 23.3. The molecule has 1 amide bonds. The summed E-state index contributed by atoms with van der Waals surface area (Å²) >= 11 is 6.11. The number of hydrogen-bond donors (Lipinski definition) is 1. The lowest BCUT2D eigenvalue weighted by molar-refractivity contribution is -0.139. The van der Waals surface area contributed by atoms with Crippen molar-refractivity contribution in [1.82, 2.24) is 4.90 Å². The van der Waals surface area contributed by atoms with Crippen molar-refractivity contribution in [3.63, 3.8) is 0 Å². The molecular weight excluding hydrogens is 434 g/mol. The SMILES string of the molecule is CCCCN1C(=O)C(=O)/C(=C(/O)c2cc(Cl)ccc2OC)C1c1ccc(OC(C)=O)cc1. The molecule has 2 aromatic rings. The number of likely N-dealkylation sites (tertiary alicyclic amines) is 1. The van der Waals surface area contributed by atoms with Crippen molar-refractivity contribution in [3.05, 3.63) is 64.2 Å². The highest BCUT2D eigenvalue weighted by molar-refractivity contribution is 6.46. The first-order chi connectivity index (χ1) is 15.3. The highest BCUT2D eigenvalue weighted by Gasteiger charge is 2.46. The van der Waals surface area contributed by atoms with Crippen LogP contribution in [-0.2, 0) is 14.4 Å². The molecule has 2 aromatic carbocycles. The summed E-state index contributed by atoms with van der Waals surface area (Å²) in [5.74, 6) is -1.64. The average molecular weight is 458 g/mol. The molecule has 1 saturated heterocycles. The fourth-order valence-electron chi connectivity index (χ4n) is 3.68. The van der Waals surface area contributed by atoms with Crippen LogP contribution >= 0.6 is 11.6 Å². The summed E-state index contributed by atoms with van der Waals surface area (Å²) in [5, 5.41) is 11.5. The molecule has 1 atom stereocenters. The Bertz CT molecular complexity index is 1080. The quantitative estimate of drug-likeness (QED) is 0.216. The van der Waals surface area contributed by atoms with Gasteiger partial charge in [0.05, 0.1) is 24.3 Å². The molecule has 1 heterocycles. The van der Waals surface area contributed by atoms with Crippen LogP contribution in [0.3, 0.4) is 0 Å². The van der Waals surface area contributed by atoms with Gasteiger partial charge in [-0.25, -0.2) is 0 Å². The molecule has 0 spiro atoms. The maximum atomic E-state index is 13.0. The van der Waals surface area contributed by atoms with E-state index in [2.05, 4.69) is 0 Å². The van der Waals surface area contributed by atoms with Gasteiger partial charge in [0.15, 0.2) is 0 Å². The molecule has 0 radical (unpaired) electrons. The second-order valence-corrected chi connectivity index (χ2v) is 7.79. The van der Waals surface area contributed by atoms with Crippen molar-refractivity contribution in [2.75, 3.05) is 13.7 Å². The van der Waals surface area contributed by atoms with Crippen molar-refractivity contribution in [2.45, 2.75) is 32.7 Å². The first-order valence-corrected chi connectivity index (χ1v) is 10.6. The zero-order valence-electron chi connectivity index (χ0n) is 18.1. The lowest BCUT2D eigenvalue weighted by Gasteiger charge is -2.25. The smallest absolute Gasteiger partial charge is 0.308 e. The number of carbonyl (C=O) groups excluding carboxylic acids is 3. The normalized spacial score (nSPS) is 17.5. The van der Waals surface area contributed by atoms with Crippen LogP contribution < -0.4 is 9.47 Å². The van der Waals surface area contributed by atoms with E-state index in [-0.39, 0.29) is 16.9 Å². The van der Waals surface area contributed by atoms with Gasteiger partial charge >= 0.3 is 5.97 Å². The van der Waals surface area contributed by atoms with E-state index in [4.69, 9.17) is 21.1 Å². The summed E-state index contributed by atoms with van der Waals surface area (Å²) in [4.78, 5) is 38.6. The second kappa shape index (κ2) is 9.87. The Morgan fingerprint density at radius 1 is 1.16 bits per heavy atom. The number of nitrogens with zero attached hydrogens (tertiary/aromatic N) is 1. The fourth-order valence-corrected chi connectivity index (χ4v) is 3.85. The molecule has 168 valence electrons. The van der Waals surface area contributed by atoms with Crippen LogP contribution in [0.5, 0.6) is 11.5 Å². The Hall–Kier alpha value is -3.32. The van der Waals surface area contributed by atoms with Crippen LogP contribution in [0.2, 0.25) is 5.02 Å². The molecule has 8 heteroatoms. The van der Waals surface area contributed by atoms with E-state index >= 15 is 0 Å². The number of rotatable bonds is 7. The standard InChI is InChI=1S/C24H24ClNO6/c1-4-5-12-26-21(15-6-9-17(10-7-15)32-14(2)27)20(23(29)24(26)30)22(28)18-13-16(25)8-11-19(18)31-3/h6-11,13,21,28H,4-5,12H2,1-3H3/b22-20+. The molecule has 1 aliphatic rings. The van der Waals surface area contributed by atoms with Crippen molar-refractivity contribution in [2.24, 2.45) is 0 Å². The Kier molecular flexibility index (Phi) is 7.20. The molecule has 0 aliphatic carbocycles. The van der Waals surface area contributed by atoms with Gasteiger partial charge in [-0.05, 0) is 42.3 Å². The number of benzene rings is 2. The number of halogens is 1.